The smallest absolute Gasteiger partial charge is 0.315 e. The van der Waals surface area contributed by atoms with Gasteiger partial charge in [-0.3, -0.25) is 14.4 Å². The van der Waals surface area contributed by atoms with Gasteiger partial charge in [-0.05, 0) is 61.4 Å². The van der Waals surface area contributed by atoms with Crippen LogP contribution >= 0.6 is 23.2 Å². The molecule has 3 aromatic carbocycles. The van der Waals surface area contributed by atoms with Gasteiger partial charge in [0.1, 0.15) is 23.7 Å². The number of hydrogen-bond acceptors (Lipinski definition) is 6. The summed E-state index contributed by atoms with van der Waals surface area (Å²) in [7, 11) is 2.57. The number of carbonyl (C=O) groups excluding carboxylic acids is 3. The zero-order valence-electron chi connectivity index (χ0n) is 19.8. The van der Waals surface area contributed by atoms with Gasteiger partial charge < -0.3 is 19.5 Å². The van der Waals surface area contributed by atoms with Gasteiger partial charge in [0.15, 0.2) is 11.5 Å². The van der Waals surface area contributed by atoms with E-state index in [1.165, 1.54) is 38.5 Å². The van der Waals surface area contributed by atoms with Crippen LogP contribution in [0.2, 0.25) is 10.0 Å². The summed E-state index contributed by atoms with van der Waals surface area (Å²) in [5.74, 6) is -1.44. The van der Waals surface area contributed by atoms with Crippen LogP contribution in [0.4, 0.5) is 10.1 Å². The predicted molar refractivity (Wildman–Crippen MR) is 134 cm³/mol. The van der Waals surface area contributed by atoms with Gasteiger partial charge in [0, 0.05) is 22.9 Å². The molecule has 0 atom stereocenters. The lowest BCUT2D eigenvalue weighted by atomic mass is 9.98. The molecule has 0 aliphatic heterocycles. The Morgan fingerprint density at radius 2 is 1.44 bits per heavy atom. The maximum Gasteiger partial charge on any atom is 0.315 e. The van der Waals surface area contributed by atoms with E-state index in [1.807, 2.05) is 0 Å². The number of hydrogen-bond donors (Lipinski definition) is 1. The molecule has 1 amide bonds. The molecule has 0 saturated heterocycles. The molecule has 0 saturated carbocycles. The summed E-state index contributed by atoms with van der Waals surface area (Å²) in [5, 5.41) is 2.74. The van der Waals surface area contributed by atoms with Crippen LogP contribution in [0.25, 0.3) is 0 Å². The molecule has 10 heteroatoms. The third-order valence-corrected chi connectivity index (χ3v) is 5.67. The van der Waals surface area contributed by atoms with Crippen LogP contribution in [-0.4, -0.2) is 31.9 Å². The molecule has 3 aromatic rings. The van der Waals surface area contributed by atoms with Crippen molar-refractivity contribution >= 4 is 46.5 Å². The topological polar surface area (TPSA) is 90.9 Å². The first-order chi connectivity index (χ1) is 17.0. The summed E-state index contributed by atoms with van der Waals surface area (Å²) >= 11 is 12.7. The Morgan fingerprint density at radius 1 is 0.861 bits per heavy atom. The zero-order valence-corrected chi connectivity index (χ0v) is 21.3. The van der Waals surface area contributed by atoms with Crippen LogP contribution in [-0.2, 0) is 14.3 Å². The summed E-state index contributed by atoms with van der Waals surface area (Å²) in [6, 6.07) is 9.89. The highest BCUT2D eigenvalue weighted by molar-refractivity contribution is 6.37. The Kier molecular flexibility index (Phi) is 8.55. The van der Waals surface area contributed by atoms with E-state index in [0.29, 0.717) is 22.4 Å². The molecular formula is C26H22Cl2FNO6. The van der Waals surface area contributed by atoms with Gasteiger partial charge in [-0.2, -0.15) is 0 Å². The SMILES string of the molecule is COC(=O)CC(=O)Nc1cc(Cl)c(Oc2c(C)cc(C(=O)c3cc(F)cc(OC)c3)cc2C)c(Cl)c1. The Hall–Kier alpha value is -3.62. The van der Waals surface area contributed by atoms with Gasteiger partial charge >= 0.3 is 5.97 Å². The first-order valence-electron chi connectivity index (χ1n) is 10.6. The molecule has 188 valence electrons. The Morgan fingerprint density at radius 3 is 2.00 bits per heavy atom. The van der Waals surface area contributed by atoms with E-state index >= 15 is 0 Å². The first kappa shape index (κ1) is 27.0. The Balaban J connectivity index is 1.86. The zero-order chi connectivity index (χ0) is 26.6. The number of benzene rings is 3. The molecule has 0 aliphatic carbocycles. The van der Waals surface area contributed by atoms with Crippen molar-refractivity contribution in [1.29, 1.82) is 0 Å². The van der Waals surface area contributed by atoms with Crippen LogP contribution in [0.5, 0.6) is 17.2 Å². The highest BCUT2D eigenvalue weighted by atomic mass is 35.5. The number of esters is 1. The van der Waals surface area contributed by atoms with E-state index in [4.69, 9.17) is 32.7 Å². The quantitative estimate of drug-likeness (QED) is 0.208. The van der Waals surface area contributed by atoms with Crippen molar-refractivity contribution in [3.63, 3.8) is 0 Å². The highest BCUT2D eigenvalue weighted by Crippen LogP contribution is 2.41. The van der Waals surface area contributed by atoms with E-state index in [9.17, 15) is 18.8 Å². The summed E-state index contributed by atoms with van der Waals surface area (Å²) in [4.78, 5) is 36.2. The summed E-state index contributed by atoms with van der Waals surface area (Å²) in [5.41, 5.74) is 1.99. The van der Waals surface area contributed by atoms with Crippen molar-refractivity contribution in [3.05, 3.63) is 80.6 Å². The average molecular weight is 534 g/mol. The van der Waals surface area contributed by atoms with Crippen LogP contribution in [0, 0.1) is 19.7 Å². The molecule has 0 aliphatic rings. The van der Waals surface area contributed by atoms with Gasteiger partial charge in [0.2, 0.25) is 5.91 Å². The normalized spacial score (nSPS) is 10.5. The maximum absolute atomic E-state index is 13.9. The fourth-order valence-electron chi connectivity index (χ4n) is 3.46. The number of ketones is 1. The van der Waals surface area contributed by atoms with E-state index in [0.717, 1.165) is 6.07 Å². The summed E-state index contributed by atoms with van der Waals surface area (Å²) in [6.45, 7) is 3.49. The van der Waals surface area contributed by atoms with Gasteiger partial charge in [-0.25, -0.2) is 4.39 Å². The lowest BCUT2D eigenvalue weighted by molar-refractivity contribution is -0.142. The monoisotopic (exact) mass is 533 g/mol. The van der Waals surface area contributed by atoms with Crippen molar-refractivity contribution in [2.45, 2.75) is 20.3 Å². The lowest BCUT2D eigenvalue weighted by Crippen LogP contribution is -2.17. The summed E-state index contributed by atoms with van der Waals surface area (Å²) < 4.78 is 29.4. The first-order valence-corrected chi connectivity index (χ1v) is 11.3. The number of ether oxygens (including phenoxy) is 3. The number of nitrogens with one attached hydrogen (secondary N) is 1. The number of rotatable bonds is 8. The fourth-order valence-corrected chi connectivity index (χ4v) is 4.02. The van der Waals surface area contributed by atoms with Crippen molar-refractivity contribution < 1.29 is 33.0 Å². The molecule has 7 nitrogen and oxygen atoms in total. The van der Waals surface area contributed by atoms with E-state index in [1.54, 1.807) is 26.0 Å². The molecule has 0 heterocycles. The predicted octanol–water partition coefficient (Wildman–Crippen LogP) is 6.28. The Bertz CT molecular complexity index is 1310. The van der Waals surface area contributed by atoms with Crippen molar-refractivity contribution in [3.8, 4) is 17.2 Å². The third kappa shape index (κ3) is 6.33. The second-order valence-electron chi connectivity index (χ2n) is 7.82. The number of carbonyl (C=O) groups is 3. The molecule has 0 spiro atoms. The largest absolute Gasteiger partial charge is 0.497 e. The van der Waals surface area contributed by atoms with E-state index in [2.05, 4.69) is 10.1 Å². The Labute approximate surface area is 217 Å². The number of halogens is 3. The molecule has 0 unspecified atom stereocenters. The van der Waals surface area contributed by atoms with Gasteiger partial charge in [0.05, 0.1) is 24.3 Å². The molecule has 0 radical (unpaired) electrons. The number of aryl methyl sites for hydroxylation is 2. The fraction of sp³-hybridized carbons (Fsp3) is 0.192. The molecular weight excluding hydrogens is 512 g/mol. The van der Waals surface area contributed by atoms with E-state index in [-0.39, 0.29) is 38.6 Å². The van der Waals surface area contributed by atoms with Gasteiger partial charge in [-0.1, -0.05) is 23.2 Å². The van der Waals surface area contributed by atoms with Crippen LogP contribution in [0.15, 0.2) is 42.5 Å². The molecule has 0 fully saturated rings. The minimum Gasteiger partial charge on any atom is -0.497 e. The maximum atomic E-state index is 13.9. The van der Waals surface area contributed by atoms with Gasteiger partial charge in [0.25, 0.3) is 0 Å². The molecule has 3 rings (SSSR count). The molecule has 36 heavy (non-hydrogen) atoms. The minimum atomic E-state index is -0.686. The molecule has 0 bridgehead atoms. The van der Waals surface area contributed by atoms with Crippen LogP contribution < -0.4 is 14.8 Å². The highest BCUT2D eigenvalue weighted by Gasteiger charge is 2.19. The standard InChI is InChI=1S/C26H22Cl2FNO6/c1-13-5-15(24(33)16-7-17(29)9-19(8-16)34-3)6-14(2)25(13)36-26-20(27)10-18(11-21(26)28)30-22(31)12-23(32)35-4/h5-11H,12H2,1-4H3,(H,30,31). The summed E-state index contributed by atoms with van der Waals surface area (Å²) in [6.07, 6.45) is -0.462. The van der Waals surface area contributed by atoms with Crippen molar-refractivity contribution in [1.82, 2.24) is 0 Å². The molecule has 0 aromatic heterocycles. The van der Waals surface area contributed by atoms with Crippen LogP contribution in [0.3, 0.4) is 0 Å². The van der Waals surface area contributed by atoms with E-state index < -0.39 is 24.1 Å². The third-order valence-electron chi connectivity index (χ3n) is 5.11. The van der Waals surface area contributed by atoms with Crippen molar-refractivity contribution in [2.75, 3.05) is 19.5 Å². The average Bonchev–Trinajstić information content (AvgIpc) is 2.81. The molecule has 1 N–H and O–H groups in total. The second kappa shape index (κ2) is 11.4. The number of methoxy groups -OCH3 is 2. The van der Waals surface area contributed by atoms with Crippen LogP contribution in [0.1, 0.15) is 33.5 Å². The number of anilines is 1. The number of amides is 1. The van der Waals surface area contributed by atoms with Gasteiger partial charge in [-0.15, -0.1) is 0 Å². The second-order valence-corrected chi connectivity index (χ2v) is 8.63. The lowest BCUT2D eigenvalue weighted by Gasteiger charge is -2.16. The van der Waals surface area contributed by atoms with Crippen molar-refractivity contribution in [2.24, 2.45) is 0 Å². The minimum absolute atomic E-state index is 0.113.